The van der Waals surface area contributed by atoms with E-state index >= 15 is 0 Å². The van der Waals surface area contributed by atoms with E-state index in [9.17, 15) is 0 Å². The Bertz CT molecular complexity index is 479. The Balaban J connectivity index is 1.67. The molecule has 1 spiro atoms. The Labute approximate surface area is 107 Å². The highest BCUT2D eigenvalue weighted by Gasteiger charge is 2.49. The summed E-state index contributed by atoms with van der Waals surface area (Å²) in [6.45, 7) is 3.49. The van der Waals surface area contributed by atoms with Crippen molar-refractivity contribution >= 4 is 5.70 Å². The molecule has 0 radical (unpaired) electrons. The number of rotatable bonds is 1. The van der Waals surface area contributed by atoms with Gasteiger partial charge in [0.2, 0.25) is 0 Å². The first-order valence-electron chi connectivity index (χ1n) is 6.65. The SMILES string of the molecule is C1=C(c2ccncc2)NOC12CN1CCC2CC1. The van der Waals surface area contributed by atoms with Crippen LogP contribution in [0, 0.1) is 5.92 Å². The summed E-state index contributed by atoms with van der Waals surface area (Å²) in [5, 5.41) is 0. The van der Waals surface area contributed by atoms with Crippen LogP contribution in [-0.4, -0.2) is 35.1 Å². The quantitative estimate of drug-likeness (QED) is 0.809. The summed E-state index contributed by atoms with van der Waals surface area (Å²) < 4.78 is 0. The van der Waals surface area contributed by atoms with E-state index in [2.05, 4.69) is 21.4 Å². The lowest BCUT2D eigenvalue weighted by Gasteiger charge is -2.49. The number of hydrogen-bond acceptors (Lipinski definition) is 4. The maximum atomic E-state index is 5.98. The van der Waals surface area contributed by atoms with Crippen LogP contribution in [0.3, 0.4) is 0 Å². The van der Waals surface area contributed by atoms with Crippen LogP contribution in [0.2, 0.25) is 0 Å². The summed E-state index contributed by atoms with van der Waals surface area (Å²) >= 11 is 0. The van der Waals surface area contributed by atoms with E-state index in [1.54, 1.807) is 0 Å². The second-order valence-corrected chi connectivity index (χ2v) is 5.50. The summed E-state index contributed by atoms with van der Waals surface area (Å²) in [6.07, 6.45) is 8.43. The molecule has 4 aliphatic heterocycles. The van der Waals surface area contributed by atoms with Gasteiger partial charge in [-0.1, -0.05) is 0 Å². The molecular formula is C14H17N3O. The van der Waals surface area contributed by atoms with E-state index in [1.807, 2.05) is 24.5 Å². The predicted molar refractivity (Wildman–Crippen MR) is 68.3 cm³/mol. The average Bonchev–Trinajstić information content (AvgIpc) is 2.85. The van der Waals surface area contributed by atoms with Crippen LogP contribution in [0.25, 0.3) is 5.70 Å². The molecule has 1 aromatic heterocycles. The fourth-order valence-electron chi connectivity index (χ4n) is 3.46. The molecule has 0 aliphatic carbocycles. The smallest absolute Gasteiger partial charge is 0.132 e. The Hall–Kier alpha value is -1.39. The zero-order valence-corrected chi connectivity index (χ0v) is 10.3. The normalized spacial score (nSPS) is 37.7. The monoisotopic (exact) mass is 243 g/mol. The maximum absolute atomic E-state index is 5.98. The van der Waals surface area contributed by atoms with Crippen molar-refractivity contribution in [1.82, 2.24) is 15.4 Å². The van der Waals surface area contributed by atoms with Gasteiger partial charge < -0.3 is 0 Å². The van der Waals surface area contributed by atoms with Gasteiger partial charge in [-0.15, -0.1) is 0 Å². The van der Waals surface area contributed by atoms with Gasteiger partial charge in [0.1, 0.15) is 5.60 Å². The number of fused-ring (bicyclic) bond motifs is 2. The van der Waals surface area contributed by atoms with Crippen molar-refractivity contribution in [2.24, 2.45) is 5.92 Å². The zero-order valence-electron chi connectivity index (χ0n) is 10.3. The summed E-state index contributed by atoms with van der Waals surface area (Å²) in [5.41, 5.74) is 5.26. The highest BCUT2D eigenvalue weighted by Crippen LogP contribution is 2.42. The topological polar surface area (TPSA) is 37.4 Å². The number of nitrogens with one attached hydrogen (secondary N) is 1. The van der Waals surface area contributed by atoms with Crippen molar-refractivity contribution in [1.29, 1.82) is 0 Å². The molecule has 3 saturated heterocycles. The molecule has 1 unspecified atom stereocenters. The van der Waals surface area contributed by atoms with E-state index in [4.69, 9.17) is 4.84 Å². The van der Waals surface area contributed by atoms with Crippen LogP contribution < -0.4 is 5.48 Å². The molecule has 94 valence electrons. The molecule has 4 aliphatic rings. The number of pyridine rings is 1. The number of aromatic nitrogens is 1. The summed E-state index contributed by atoms with van der Waals surface area (Å²) in [7, 11) is 0. The van der Waals surface area contributed by atoms with Gasteiger partial charge in [0.25, 0.3) is 0 Å². The number of nitrogens with zero attached hydrogens (tertiary/aromatic N) is 2. The van der Waals surface area contributed by atoms with Crippen molar-refractivity contribution in [2.75, 3.05) is 19.6 Å². The minimum Gasteiger partial charge on any atom is -0.300 e. The molecule has 1 aromatic rings. The highest BCUT2D eigenvalue weighted by molar-refractivity contribution is 5.65. The molecule has 18 heavy (non-hydrogen) atoms. The van der Waals surface area contributed by atoms with E-state index in [0.29, 0.717) is 5.92 Å². The first-order chi connectivity index (χ1) is 8.86. The van der Waals surface area contributed by atoms with E-state index in [1.165, 1.54) is 25.9 Å². The molecule has 5 rings (SSSR count). The molecule has 0 amide bonds. The lowest BCUT2D eigenvalue weighted by molar-refractivity contribution is -0.135. The molecule has 1 atom stereocenters. The van der Waals surface area contributed by atoms with Gasteiger partial charge in [0.05, 0.1) is 5.70 Å². The lowest BCUT2D eigenvalue weighted by atomic mass is 9.75. The van der Waals surface area contributed by atoms with E-state index < -0.39 is 0 Å². The van der Waals surface area contributed by atoms with Crippen molar-refractivity contribution in [3.8, 4) is 0 Å². The minimum atomic E-state index is -0.102. The third-order valence-corrected chi connectivity index (χ3v) is 4.48. The molecule has 3 fully saturated rings. The van der Waals surface area contributed by atoms with Gasteiger partial charge >= 0.3 is 0 Å². The standard InChI is InChI=1S/C14H17N3O/c1-5-15-6-2-11(1)13-9-14(18-16-13)10-17-7-3-12(14)4-8-17/h1-2,5-6,9,12,16H,3-4,7-8,10H2. The van der Waals surface area contributed by atoms with Crippen LogP contribution in [-0.2, 0) is 4.84 Å². The summed E-state index contributed by atoms with van der Waals surface area (Å²) in [5.74, 6) is 0.661. The van der Waals surface area contributed by atoms with Crippen molar-refractivity contribution in [3.63, 3.8) is 0 Å². The van der Waals surface area contributed by atoms with Gasteiger partial charge in [0.15, 0.2) is 0 Å². The van der Waals surface area contributed by atoms with Gasteiger partial charge in [0, 0.05) is 24.5 Å². The second-order valence-electron chi connectivity index (χ2n) is 5.50. The Kier molecular flexibility index (Phi) is 2.22. The highest BCUT2D eigenvalue weighted by atomic mass is 16.7. The van der Waals surface area contributed by atoms with Crippen LogP contribution in [0.4, 0.5) is 0 Å². The Morgan fingerprint density at radius 2 is 2.06 bits per heavy atom. The molecule has 0 aromatic carbocycles. The van der Waals surface area contributed by atoms with E-state index in [0.717, 1.165) is 17.8 Å². The second kappa shape index (κ2) is 3.80. The predicted octanol–water partition coefficient (Wildman–Crippen LogP) is 1.42. The largest absolute Gasteiger partial charge is 0.300 e. The molecular weight excluding hydrogens is 226 g/mol. The fraction of sp³-hybridized carbons (Fsp3) is 0.500. The average molecular weight is 243 g/mol. The van der Waals surface area contributed by atoms with Gasteiger partial charge in [-0.25, -0.2) is 0 Å². The molecule has 0 saturated carbocycles. The first-order valence-corrected chi connectivity index (χ1v) is 6.65. The van der Waals surface area contributed by atoms with Crippen LogP contribution in [0.1, 0.15) is 18.4 Å². The van der Waals surface area contributed by atoms with Gasteiger partial charge in [-0.05, 0) is 50.1 Å². The van der Waals surface area contributed by atoms with Crippen LogP contribution in [0.5, 0.6) is 0 Å². The van der Waals surface area contributed by atoms with Crippen molar-refractivity contribution in [2.45, 2.75) is 18.4 Å². The number of hydroxylamine groups is 1. The molecule has 5 heterocycles. The van der Waals surface area contributed by atoms with Crippen LogP contribution in [0.15, 0.2) is 30.6 Å². The van der Waals surface area contributed by atoms with Gasteiger partial charge in [-0.2, -0.15) is 0 Å². The Morgan fingerprint density at radius 3 is 2.72 bits per heavy atom. The maximum Gasteiger partial charge on any atom is 0.132 e. The number of piperidine rings is 3. The van der Waals surface area contributed by atoms with E-state index in [-0.39, 0.29) is 5.60 Å². The zero-order chi connectivity index (χ0) is 12.0. The summed E-state index contributed by atoms with van der Waals surface area (Å²) in [4.78, 5) is 12.5. The Morgan fingerprint density at radius 1 is 1.28 bits per heavy atom. The number of hydrogen-bond donors (Lipinski definition) is 1. The minimum absolute atomic E-state index is 0.102. The van der Waals surface area contributed by atoms with Crippen LogP contribution >= 0.6 is 0 Å². The third kappa shape index (κ3) is 1.49. The fourth-order valence-corrected chi connectivity index (χ4v) is 3.46. The molecule has 4 heteroatoms. The molecule has 1 N–H and O–H groups in total. The van der Waals surface area contributed by atoms with Gasteiger partial charge in [-0.3, -0.25) is 20.2 Å². The summed E-state index contributed by atoms with van der Waals surface area (Å²) in [6, 6.07) is 4.03. The third-order valence-electron chi connectivity index (χ3n) is 4.48. The molecule has 4 nitrogen and oxygen atoms in total. The van der Waals surface area contributed by atoms with Crippen molar-refractivity contribution < 1.29 is 4.84 Å². The first kappa shape index (κ1) is 10.5. The van der Waals surface area contributed by atoms with Crippen molar-refractivity contribution in [3.05, 3.63) is 36.2 Å². The lowest BCUT2D eigenvalue weighted by Crippen LogP contribution is -2.58. The molecule has 2 bridgehead atoms.